The lowest BCUT2D eigenvalue weighted by atomic mass is 10.4. The van der Waals surface area contributed by atoms with Crippen LogP contribution in [-0.2, 0) is 10.0 Å². The van der Waals surface area contributed by atoms with Gasteiger partial charge in [-0.1, -0.05) is 34.8 Å². The lowest BCUT2D eigenvalue weighted by molar-refractivity contribution is 0.596. The lowest BCUT2D eigenvalue weighted by Gasteiger charge is -2.02. The number of sulfonamides is 1. The van der Waals surface area contributed by atoms with Crippen molar-refractivity contribution >= 4 is 44.8 Å². The molecule has 3 nitrogen and oxygen atoms in total. The summed E-state index contributed by atoms with van der Waals surface area (Å²) in [4.78, 5) is -0.344. The summed E-state index contributed by atoms with van der Waals surface area (Å²) in [6.45, 7) is 0. The lowest BCUT2D eigenvalue weighted by Crippen LogP contribution is -2.01. The van der Waals surface area contributed by atoms with Crippen molar-refractivity contribution in [2.24, 2.45) is 0 Å². The van der Waals surface area contributed by atoms with Gasteiger partial charge >= 0.3 is 0 Å². The first-order valence-electron chi connectivity index (χ1n) is 2.96. The van der Waals surface area contributed by atoms with Gasteiger partial charge in [0.1, 0.15) is 4.90 Å². The van der Waals surface area contributed by atoms with E-state index in [-0.39, 0.29) is 20.0 Å². The predicted octanol–water partition coefficient (Wildman–Crippen LogP) is 2.62. The molecule has 71 valence electrons. The molecule has 0 unspecified atom stereocenters. The third-order valence-electron chi connectivity index (χ3n) is 1.26. The third kappa shape index (κ3) is 2.48. The molecule has 0 aromatic heterocycles. The highest BCUT2D eigenvalue weighted by Gasteiger charge is 2.15. The minimum absolute atomic E-state index is 0.0527. The van der Waals surface area contributed by atoms with Crippen molar-refractivity contribution in [1.82, 2.24) is 5.14 Å². The largest absolute Gasteiger partial charge is 0.255 e. The van der Waals surface area contributed by atoms with Crippen LogP contribution in [0.1, 0.15) is 0 Å². The molecule has 0 bridgehead atoms. The number of benzene rings is 1. The van der Waals surface area contributed by atoms with Crippen molar-refractivity contribution in [3.8, 4) is 0 Å². The Kier molecular flexibility index (Phi) is 3.09. The quantitative estimate of drug-likeness (QED) is 0.728. The summed E-state index contributed by atoms with van der Waals surface area (Å²) in [5.41, 5.74) is 0. The molecular weight excluding hydrogens is 256 g/mol. The molecule has 0 fully saturated rings. The van der Waals surface area contributed by atoms with Crippen LogP contribution in [0.3, 0.4) is 0 Å². The van der Waals surface area contributed by atoms with Gasteiger partial charge in [-0.15, -0.1) is 5.14 Å². The van der Waals surface area contributed by atoms with Gasteiger partial charge in [0.25, 0.3) is 10.0 Å². The van der Waals surface area contributed by atoms with Crippen molar-refractivity contribution in [1.29, 1.82) is 0 Å². The monoisotopic (exact) mass is 258 g/mol. The summed E-state index contributed by atoms with van der Waals surface area (Å²) < 4.78 is 21.6. The van der Waals surface area contributed by atoms with Crippen molar-refractivity contribution < 1.29 is 8.42 Å². The number of halogens is 3. The van der Waals surface area contributed by atoms with Crippen LogP contribution in [0.2, 0.25) is 15.1 Å². The van der Waals surface area contributed by atoms with Gasteiger partial charge in [0.15, 0.2) is 0 Å². The minimum Gasteiger partial charge on any atom is -0.206 e. The Bertz CT molecular complexity index is 443. The number of hydrogen-bond donors (Lipinski definition) is 0. The molecule has 0 atom stereocenters. The fourth-order valence-electron chi connectivity index (χ4n) is 0.710. The van der Waals surface area contributed by atoms with Crippen LogP contribution in [0, 0.1) is 0 Å². The van der Waals surface area contributed by atoms with E-state index in [9.17, 15) is 8.42 Å². The van der Waals surface area contributed by atoms with E-state index < -0.39 is 10.0 Å². The Morgan fingerprint density at radius 3 is 1.92 bits per heavy atom. The summed E-state index contributed by atoms with van der Waals surface area (Å²) in [5.74, 6) is 0. The van der Waals surface area contributed by atoms with E-state index in [1.807, 2.05) is 0 Å². The average Bonchev–Trinajstić information content (AvgIpc) is 1.94. The molecule has 0 aliphatic heterocycles. The first-order valence-corrected chi connectivity index (χ1v) is 5.58. The van der Waals surface area contributed by atoms with E-state index in [1.165, 1.54) is 6.07 Å². The van der Waals surface area contributed by atoms with Gasteiger partial charge < -0.3 is 0 Å². The second-order valence-corrected chi connectivity index (χ2v) is 4.87. The van der Waals surface area contributed by atoms with Gasteiger partial charge in [-0.3, -0.25) is 0 Å². The molecule has 0 aliphatic carbocycles. The fourth-order valence-corrected chi connectivity index (χ4v) is 2.22. The topological polar surface area (TPSA) is 57.9 Å². The van der Waals surface area contributed by atoms with Crippen molar-refractivity contribution in [3.63, 3.8) is 0 Å². The Labute approximate surface area is 90.4 Å². The molecule has 7 heteroatoms. The van der Waals surface area contributed by atoms with Crippen molar-refractivity contribution in [2.45, 2.75) is 4.90 Å². The van der Waals surface area contributed by atoms with Crippen LogP contribution in [0.15, 0.2) is 17.0 Å². The van der Waals surface area contributed by atoms with E-state index in [0.29, 0.717) is 0 Å². The summed E-state index contributed by atoms with van der Waals surface area (Å²) >= 11 is 16.7. The molecule has 1 radical (unpaired) electrons. The van der Waals surface area contributed by atoms with E-state index in [2.05, 4.69) is 0 Å². The van der Waals surface area contributed by atoms with Crippen LogP contribution >= 0.6 is 34.8 Å². The zero-order valence-electron chi connectivity index (χ0n) is 6.01. The van der Waals surface area contributed by atoms with Crippen molar-refractivity contribution in [2.75, 3.05) is 0 Å². The molecule has 0 saturated heterocycles. The summed E-state index contributed by atoms with van der Waals surface area (Å²) in [6.07, 6.45) is 0. The van der Waals surface area contributed by atoms with Gasteiger partial charge in [0, 0.05) is 0 Å². The summed E-state index contributed by atoms with van der Waals surface area (Å²) in [5, 5.41) is 6.86. The Morgan fingerprint density at radius 1 is 1.00 bits per heavy atom. The van der Waals surface area contributed by atoms with Crippen LogP contribution in [-0.4, -0.2) is 8.42 Å². The fraction of sp³-hybridized carbons (Fsp3) is 0. The molecule has 1 aromatic carbocycles. The second kappa shape index (κ2) is 3.63. The number of nitrogens with one attached hydrogen (secondary N) is 1. The SMILES string of the molecule is [NH]S(=O)(=O)c1cc(Cl)c(Cl)cc1Cl. The molecule has 0 amide bonds. The standard InChI is InChI=1S/C6H3Cl3NO2S/c7-3-1-5(9)6(2-4(3)8)13(10,11)12/h1-2,10H. The molecular formula is C6H3Cl3NO2S. The molecule has 0 heterocycles. The highest BCUT2D eigenvalue weighted by Crippen LogP contribution is 2.31. The van der Waals surface area contributed by atoms with Crippen LogP contribution in [0.4, 0.5) is 0 Å². The Hall–Kier alpha value is -0.000000000000000111. The predicted molar refractivity (Wildman–Crippen MR) is 51.8 cm³/mol. The van der Waals surface area contributed by atoms with Crippen LogP contribution < -0.4 is 5.14 Å². The normalized spacial score (nSPS) is 11.7. The van der Waals surface area contributed by atoms with E-state index in [4.69, 9.17) is 39.9 Å². The van der Waals surface area contributed by atoms with Crippen LogP contribution in [0.5, 0.6) is 0 Å². The van der Waals surface area contributed by atoms with E-state index >= 15 is 0 Å². The van der Waals surface area contributed by atoms with Crippen LogP contribution in [0.25, 0.3) is 0 Å². The second-order valence-electron chi connectivity index (χ2n) is 2.20. The van der Waals surface area contributed by atoms with Gasteiger partial charge in [0.2, 0.25) is 0 Å². The Balaban J connectivity index is 3.50. The average molecular weight is 260 g/mol. The minimum atomic E-state index is -4.10. The zero-order valence-corrected chi connectivity index (χ0v) is 9.10. The molecule has 13 heavy (non-hydrogen) atoms. The summed E-state index contributed by atoms with van der Waals surface area (Å²) in [6, 6.07) is 2.24. The van der Waals surface area contributed by atoms with Gasteiger partial charge in [-0.2, -0.15) is 0 Å². The maximum Gasteiger partial charge on any atom is 0.255 e. The molecule has 1 N–H and O–H groups in total. The first kappa shape index (κ1) is 11.1. The molecule has 0 aliphatic rings. The number of hydrogen-bond acceptors (Lipinski definition) is 2. The highest BCUT2D eigenvalue weighted by molar-refractivity contribution is 7.89. The van der Waals surface area contributed by atoms with Gasteiger partial charge in [-0.25, -0.2) is 8.42 Å². The first-order chi connectivity index (χ1) is 5.82. The van der Waals surface area contributed by atoms with E-state index in [1.54, 1.807) is 0 Å². The molecule has 0 spiro atoms. The van der Waals surface area contributed by atoms with Gasteiger partial charge in [0.05, 0.1) is 15.1 Å². The van der Waals surface area contributed by atoms with E-state index in [0.717, 1.165) is 6.07 Å². The molecule has 1 rings (SSSR count). The Morgan fingerprint density at radius 2 is 1.46 bits per heavy atom. The van der Waals surface area contributed by atoms with Gasteiger partial charge in [-0.05, 0) is 12.1 Å². The maximum absolute atomic E-state index is 10.8. The smallest absolute Gasteiger partial charge is 0.206 e. The van der Waals surface area contributed by atoms with Crippen molar-refractivity contribution in [3.05, 3.63) is 27.2 Å². The zero-order chi connectivity index (χ0) is 10.2. The molecule has 1 aromatic rings. The maximum atomic E-state index is 10.8. The highest BCUT2D eigenvalue weighted by atomic mass is 35.5. The number of rotatable bonds is 1. The molecule has 0 saturated carbocycles. The summed E-state index contributed by atoms with van der Waals surface area (Å²) in [7, 11) is -4.10. The third-order valence-corrected chi connectivity index (χ3v) is 3.33.